The fourth-order valence-corrected chi connectivity index (χ4v) is 3.12. The van der Waals surface area contributed by atoms with Gasteiger partial charge >= 0.3 is 5.97 Å². The minimum atomic E-state index is -0.438. The van der Waals surface area contributed by atoms with Gasteiger partial charge in [0.25, 0.3) is 5.91 Å². The highest BCUT2D eigenvalue weighted by Gasteiger charge is 2.17. The van der Waals surface area contributed by atoms with Crippen LogP contribution in [0.2, 0.25) is 0 Å². The molecule has 0 aliphatic carbocycles. The Labute approximate surface area is 179 Å². The Bertz CT molecular complexity index is 1150. The van der Waals surface area contributed by atoms with Crippen molar-refractivity contribution in [3.63, 3.8) is 0 Å². The van der Waals surface area contributed by atoms with Gasteiger partial charge in [0.05, 0.1) is 23.6 Å². The number of rotatable bonds is 6. The van der Waals surface area contributed by atoms with Crippen molar-refractivity contribution in [1.29, 1.82) is 0 Å². The van der Waals surface area contributed by atoms with E-state index in [2.05, 4.69) is 15.4 Å². The zero-order valence-electron chi connectivity index (χ0n) is 16.9. The van der Waals surface area contributed by atoms with Crippen molar-refractivity contribution in [2.24, 2.45) is 0 Å². The molecule has 7 nitrogen and oxygen atoms in total. The summed E-state index contributed by atoms with van der Waals surface area (Å²) in [5, 5.41) is 7.34. The molecule has 0 saturated carbocycles. The maximum atomic E-state index is 12.9. The fourth-order valence-electron chi connectivity index (χ4n) is 3.12. The highest BCUT2D eigenvalue weighted by molar-refractivity contribution is 6.04. The van der Waals surface area contributed by atoms with Gasteiger partial charge in [-0.2, -0.15) is 5.10 Å². The molecule has 7 heteroatoms. The summed E-state index contributed by atoms with van der Waals surface area (Å²) in [7, 11) is 0. The maximum Gasteiger partial charge on any atom is 0.338 e. The van der Waals surface area contributed by atoms with Crippen LogP contribution in [0.25, 0.3) is 16.9 Å². The van der Waals surface area contributed by atoms with Crippen molar-refractivity contribution < 1.29 is 14.3 Å². The first-order valence-electron chi connectivity index (χ1n) is 9.80. The van der Waals surface area contributed by atoms with Crippen molar-refractivity contribution in [2.75, 3.05) is 11.9 Å². The van der Waals surface area contributed by atoms with Crippen LogP contribution in [-0.4, -0.2) is 33.2 Å². The number of carbonyl (C=O) groups excluding carboxylic acids is 2. The van der Waals surface area contributed by atoms with E-state index >= 15 is 0 Å². The molecule has 2 heterocycles. The van der Waals surface area contributed by atoms with Gasteiger partial charge in [-0.25, -0.2) is 9.48 Å². The minimum Gasteiger partial charge on any atom is -0.462 e. The molecule has 0 aliphatic heterocycles. The van der Waals surface area contributed by atoms with Gasteiger partial charge in [-0.05, 0) is 55.5 Å². The number of hydrogen-bond acceptors (Lipinski definition) is 5. The van der Waals surface area contributed by atoms with Crippen LogP contribution in [0.4, 0.5) is 5.69 Å². The maximum absolute atomic E-state index is 12.9. The zero-order chi connectivity index (χ0) is 21.6. The van der Waals surface area contributed by atoms with E-state index < -0.39 is 5.97 Å². The molecule has 0 aliphatic rings. The monoisotopic (exact) mass is 412 g/mol. The van der Waals surface area contributed by atoms with Crippen LogP contribution in [0.3, 0.4) is 0 Å². The van der Waals surface area contributed by atoms with Crippen LogP contribution in [-0.2, 0) is 4.74 Å². The molecule has 0 fully saturated rings. The standard InChI is InChI=1S/C24H20N4O3/c1-2-31-24(30)18-7-6-8-19(15-18)26-23(29)21-16-22(17-11-13-25-14-12-17)28(27-21)20-9-4-3-5-10-20/h3-16H,2H2,1H3,(H,26,29). The zero-order valence-corrected chi connectivity index (χ0v) is 16.9. The number of pyridine rings is 1. The van der Waals surface area contributed by atoms with E-state index in [0.717, 1.165) is 16.9 Å². The Balaban J connectivity index is 1.66. The van der Waals surface area contributed by atoms with E-state index in [4.69, 9.17) is 4.74 Å². The second kappa shape index (κ2) is 9.04. The molecule has 0 radical (unpaired) electrons. The number of carbonyl (C=O) groups is 2. The van der Waals surface area contributed by atoms with Crippen LogP contribution in [0.15, 0.2) is 85.2 Å². The number of anilines is 1. The van der Waals surface area contributed by atoms with Crippen LogP contribution < -0.4 is 5.32 Å². The summed E-state index contributed by atoms with van der Waals surface area (Å²) in [4.78, 5) is 29.0. The summed E-state index contributed by atoms with van der Waals surface area (Å²) < 4.78 is 6.74. The minimum absolute atomic E-state index is 0.247. The summed E-state index contributed by atoms with van der Waals surface area (Å²) in [5.74, 6) is -0.821. The van der Waals surface area contributed by atoms with Crippen molar-refractivity contribution in [3.05, 3.63) is 96.4 Å². The number of hydrogen-bond donors (Lipinski definition) is 1. The Morgan fingerprint density at radius 1 is 0.968 bits per heavy atom. The number of aromatic nitrogens is 3. The Hall–Kier alpha value is -4.26. The first kappa shape index (κ1) is 20.0. The third-order valence-electron chi connectivity index (χ3n) is 4.55. The number of esters is 1. The SMILES string of the molecule is CCOC(=O)c1cccc(NC(=O)c2cc(-c3ccncc3)n(-c3ccccc3)n2)c1. The molecule has 31 heavy (non-hydrogen) atoms. The van der Waals surface area contributed by atoms with Crippen molar-refractivity contribution in [1.82, 2.24) is 14.8 Å². The van der Waals surface area contributed by atoms with Gasteiger partial charge in [0, 0.05) is 23.6 Å². The molecule has 1 N–H and O–H groups in total. The number of nitrogens with one attached hydrogen (secondary N) is 1. The molecule has 0 bridgehead atoms. The molecular weight excluding hydrogens is 392 g/mol. The number of para-hydroxylation sites is 1. The molecule has 1 amide bonds. The van der Waals surface area contributed by atoms with Gasteiger partial charge < -0.3 is 10.1 Å². The van der Waals surface area contributed by atoms with E-state index in [1.165, 1.54) is 0 Å². The van der Waals surface area contributed by atoms with E-state index in [1.807, 2.05) is 42.5 Å². The molecule has 154 valence electrons. The van der Waals surface area contributed by atoms with Crippen molar-refractivity contribution in [3.8, 4) is 16.9 Å². The lowest BCUT2D eigenvalue weighted by atomic mass is 10.1. The summed E-state index contributed by atoms with van der Waals surface area (Å²) in [6, 6.07) is 21.6. The molecule has 0 spiro atoms. The highest BCUT2D eigenvalue weighted by Crippen LogP contribution is 2.24. The predicted molar refractivity (Wildman–Crippen MR) is 117 cm³/mol. The molecule has 4 rings (SSSR count). The summed E-state index contributed by atoms with van der Waals surface area (Å²) in [5.41, 5.74) is 3.57. The van der Waals surface area contributed by atoms with E-state index in [-0.39, 0.29) is 18.2 Å². The molecule has 2 aromatic heterocycles. The van der Waals surface area contributed by atoms with Crippen molar-refractivity contribution in [2.45, 2.75) is 6.92 Å². The van der Waals surface area contributed by atoms with E-state index in [9.17, 15) is 9.59 Å². The summed E-state index contributed by atoms with van der Waals surface area (Å²) >= 11 is 0. The Morgan fingerprint density at radius 2 is 1.74 bits per heavy atom. The first-order valence-corrected chi connectivity index (χ1v) is 9.80. The van der Waals surface area contributed by atoms with Crippen LogP contribution >= 0.6 is 0 Å². The lowest BCUT2D eigenvalue weighted by molar-refractivity contribution is 0.0526. The lowest BCUT2D eigenvalue weighted by Gasteiger charge is -2.07. The van der Waals surface area contributed by atoms with Crippen molar-refractivity contribution >= 4 is 17.6 Å². The second-order valence-corrected chi connectivity index (χ2v) is 6.65. The van der Waals surface area contributed by atoms with Gasteiger partial charge in [-0.15, -0.1) is 0 Å². The van der Waals surface area contributed by atoms with Crippen LogP contribution in [0.1, 0.15) is 27.8 Å². The van der Waals surface area contributed by atoms with Crippen LogP contribution in [0, 0.1) is 0 Å². The third kappa shape index (κ3) is 4.51. The van der Waals surface area contributed by atoms with Gasteiger partial charge in [0.1, 0.15) is 0 Å². The molecule has 2 aromatic carbocycles. The first-order chi connectivity index (χ1) is 15.2. The van der Waals surface area contributed by atoms with E-state index in [0.29, 0.717) is 11.3 Å². The summed E-state index contributed by atoms with van der Waals surface area (Å²) in [6.45, 7) is 2.02. The van der Waals surface area contributed by atoms with E-state index in [1.54, 1.807) is 54.3 Å². The number of benzene rings is 2. The van der Waals surface area contributed by atoms with Gasteiger partial charge in [-0.1, -0.05) is 24.3 Å². The lowest BCUT2D eigenvalue weighted by Crippen LogP contribution is -2.14. The molecular formula is C24H20N4O3. The normalized spacial score (nSPS) is 10.5. The quantitative estimate of drug-likeness (QED) is 0.476. The molecule has 0 saturated heterocycles. The Kier molecular flexibility index (Phi) is 5.84. The van der Waals surface area contributed by atoms with Crippen LogP contribution in [0.5, 0.6) is 0 Å². The molecule has 4 aromatic rings. The van der Waals surface area contributed by atoms with Gasteiger partial charge in [0.2, 0.25) is 0 Å². The van der Waals surface area contributed by atoms with Gasteiger partial charge in [-0.3, -0.25) is 9.78 Å². The number of ether oxygens (including phenoxy) is 1. The average molecular weight is 412 g/mol. The number of nitrogens with zero attached hydrogens (tertiary/aromatic N) is 3. The topological polar surface area (TPSA) is 86.1 Å². The highest BCUT2D eigenvalue weighted by atomic mass is 16.5. The smallest absolute Gasteiger partial charge is 0.338 e. The Morgan fingerprint density at radius 3 is 2.48 bits per heavy atom. The fraction of sp³-hybridized carbons (Fsp3) is 0.0833. The molecule has 0 unspecified atom stereocenters. The second-order valence-electron chi connectivity index (χ2n) is 6.65. The number of amides is 1. The molecule has 0 atom stereocenters. The third-order valence-corrected chi connectivity index (χ3v) is 4.55. The summed E-state index contributed by atoms with van der Waals surface area (Å²) in [6.07, 6.45) is 3.39. The average Bonchev–Trinajstić information content (AvgIpc) is 3.26. The van der Waals surface area contributed by atoms with Gasteiger partial charge in [0.15, 0.2) is 5.69 Å². The largest absolute Gasteiger partial charge is 0.462 e. The predicted octanol–water partition coefficient (Wildman–Crippen LogP) is 4.36.